The first-order valence-corrected chi connectivity index (χ1v) is 14.2. The second kappa shape index (κ2) is 18.3. The summed E-state index contributed by atoms with van der Waals surface area (Å²) in [4.78, 5) is 0. The molecular weight excluding hydrogens is 456 g/mol. The fourth-order valence-electron chi connectivity index (χ4n) is 4.74. The van der Waals surface area contributed by atoms with Gasteiger partial charge in [0, 0.05) is 96.9 Å². The van der Waals surface area contributed by atoms with Crippen molar-refractivity contribution in [3.8, 4) is 12.3 Å². The summed E-state index contributed by atoms with van der Waals surface area (Å²) < 4.78 is 0. The van der Waals surface area contributed by atoms with Crippen molar-refractivity contribution in [2.45, 2.75) is 57.4 Å². The summed E-state index contributed by atoms with van der Waals surface area (Å²) in [6.07, 6.45) is 13.5. The van der Waals surface area contributed by atoms with Gasteiger partial charge >= 0.3 is 0 Å². The topological polar surface area (TPSA) is 96.2 Å². The third-order valence-corrected chi connectivity index (χ3v) is 7.14. The summed E-state index contributed by atoms with van der Waals surface area (Å²) >= 11 is 5.74. The third kappa shape index (κ3) is 13.8. The minimum absolute atomic E-state index is 0.194. The smallest absolute Gasteiger partial charge is 0.166 e. The van der Waals surface area contributed by atoms with Crippen molar-refractivity contribution >= 4 is 17.3 Å². The lowest BCUT2D eigenvalue weighted by Crippen LogP contribution is -2.67. The van der Waals surface area contributed by atoms with Crippen LogP contribution in [-0.4, -0.2) is 95.7 Å². The van der Waals surface area contributed by atoms with Gasteiger partial charge in [-0.3, -0.25) is 0 Å². The van der Waals surface area contributed by atoms with Gasteiger partial charge in [-0.15, -0.1) is 12.3 Å². The molecular formula is C26H52N8S. The molecule has 8 N–H and O–H groups in total. The van der Waals surface area contributed by atoms with Gasteiger partial charge in [0.05, 0.1) is 5.54 Å². The van der Waals surface area contributed by atoms with Crippen LogP contribution in [0.3, 0.4) is 0 Å². The van der Waals surface area contributed by atoms with E-state index in [9.17, 15) is 0 Å². The van der Waals surface area contributed by atoms with E-state index in [2.05, 4.69) is 55.4 Å². The molecule has 3 fully saturated rings. The van der Waals surface area contributed by atoms with Crippen LogP contribution in [0.1, 0.15) is 51.9 Å². The van der Waals surface area contributed by atoms with Crippen LogP contribution in [0.5, 0.6) is 0 Å². The highest BCUT2D eigenvalue weighted by molar-refractivity contribution is 7.80. The predicted molar refractivity (Wildman–Crippen MR) is 153 cm³/mol. The quantitative estimate of drug-likeness (QED) is 0.126. The largest absolute Gasteiger partial charge is 0.363 e. The Morgan fingerprint density at radius 2 is 1.14 bits per heavy atom. The van der Waals surface area contributed by atoms with E-state index < -0.39 is 0 Å². The molecule has 0 atom stereocenters. The Bertz CT molecular complexity index is 565. The Morgan fingerprint density at radius 3 is 1.63 bits per heavy atom. The number of nitrogens with one attached hydrogen (secondary N) is 8. The Kier molecular flexibility index (Phi) is 15.8. The molecule has 0 saturated carbocycles. The number of rotatable bonds is 9. The molecule has 35 heavy (non-hydrogen) atoms. The molecule has 0 aromatic carbocycles. The normalized spacial score (nSPS) is 27.3. The molecule has 0 unspecified atom stereocenters. The first-order valence-electron chi connectivity index (χ1n) is 13.8. The standard InChI is InChI=1S/C26H52N8S/c1-3-4-5-6-7-8-9-10-11-33-24(35)34-26-21-30-15-12-27-18-25(2,19-28-13-16-31-22-26)20-29-14-17-32-23-26/h1,27-32H,4-23H2,2H3,(H2,33,34,35). The van der Waals surface area contributed by atoms with E-state index in [4.69, 9.17) is 18.6 Å². The molecule has 8 nitrogen and oxygen atoms in total. The van der Waals surface area contributed by atoms with Gasteiger partial charge in [0.25, 0.3) is 0 Å². The number of hydrogen-bond donors (Lipinski definition) is 8. The van der Waals surface area contributed by atoms with Crippen LogP contribution in [0.25, 0.3) is 0 Å². The summed E-state index contributed by atoms with van der Waals surface area (Å²) in [7, 11) is 0. The summed E-state index contributed by atoms with van der Waals surface area (Å²) in [6.45, 7) is 14.4. The summed E-state index contributed by atoms with van der Waals surface area (Å²) in [5.41, 5.74) is -0.0107. The molecule has 2 bridgehead atoms. The predicted octanol–water partition coefficient (Wildman–Crippen LogP) is 0.124. The third-order valence-electron chi connectivity index (χ3n) is 6.89. The van der Waals surface area contributed by atoms with Gasteiger partial charge < -0.3 is 42.5 Å². The highest BCUT2D eigenvalue weighted by Gasteiger charge is 2.31. The molecule has 9 heteroatoms. The van der Waals surface area contributed by atoms with Crippen molar-refractivity contribution in [3.63, 3.8) is 0 Å². The average Bonchev–Trinajstić information content (AvgIpc) is 2.84. The highest BCUT2D eigenvalue weighted by atomic mass is 32.1. The Hall–Kier alpha value is -0.990. The highest BCUT2D eigenvalue weighted by Crippen LogP contribution is 2.12. The molecule has 202 valence electrons. The zero-order chi connectivity index (χ0) is 25.1. The van der Waals surface area contributed by atoms with Crippen molar-refractivity contribution in [2.24, 2.45) is 5.41 Å². The van der Waals surface area contributed by atoms with E-state index in [1.807, 2.05) is 0 Å². The van der Waals surface area contributed by atoms with E-state index in [0.29, 0.717) is 0 Å². The van der Waals surface area contributed by atoms with Gasteiger partial charge in [0.15, 0.2) is 5.11 Å². The molecule has 3 saturated heterocycles. The van der Waals surface area contributed by atoms with Gasteiger partial charge in [0.1, 0.15) is 0 Å². The van der Waals surface area contributed by atoms with E-state index in [1.54, 1.807) is 0 Å². The maximum absolute atomic E-state index is 5.74. The second-order valence-corrected chi connectivity index (χ2v) is 11.0. The number of thiocarbonyl (C=S) groups is 1. The van der Waals surface area contributed by atoms with Crippen molar-refractivity contribution < 1.29 is 0 Å². The second-order valence-electron chi connectivity index (χ2n) is 10.6. The van der Waals surface area contributed by atoms with Crippen molar-refractivity contribution in [2.75, 3.05) is 85.1 Å². The monoisotopic (exact) mass is 508 g/mol. The van der Waals surface area contributed by atoms with E-state index >= 15 is 0 Å². The summed E-state index contributed by atoms with van der Waals surface area (Å²) in [5, 5.41) is 29.9. The van der Waals surface area contributed by atoms with Crippen LogP contribution < -0.4 is 42.5 Å². The van der Waals surface area contributed by atoms with Gasteiger partial charge in [-0.2, -0.15) is 0 Å². The summed E-state index contributed by atoms with van der Waals surface area (Å²) in [5.74, 6) is 2.72. The van der Waals surface area contributed by atoms with Gasteiger partial charge in [0.2, 0.25) is 0 Å². The molecule has 0 radical (unpaired) electrons. The van der Waals surface area contributed by atoms with E-state index in [1.165, 1.54) is 25.7 Å². The molecule has 3 rings (SSSR count). The molecule has 3 heterocycles. The number of fused-ring (bicyclic) bond motifs is 15. The van der Waals surface area contributed by atoms with Crippen LogP contribution in [0, 0.1) is 17.8 Å². The van der Waals surface area contributed by atoms with Crippen molar-refractivity contribution in [1.82, 2.24) is 42.5 Å². The molecule has 0 aromatic heterocycles. The lowest BCUT2D eigenvalue weighted by atomic mass is 9.90. The number of hydrogen-bond acceptors (Lipinski definition) is 7. The fourth-order valence-corrected chi connectivity index (χ4v) is 5.06. The van der Waals surface area contributed by atoms with E-state index in [0.717, 1.165) is 109 Å². The average molecular weight is 509 g/mol. The fraction of sp³-hybridized carbons (Fsp3) is 0.885. The molecule has 0 spiro atoms. The van der Waals surface area contributed by atoms with Gasteiger partial charge in [-0.05, 0) is 25.1 Å². The van der Waals surface area contributed by atoms with Crippen molar-refractivity contribution in [1.29, 1.82) is 0 Å². The number of terminal acetylenes is 1. The van der Waals surface area contributed by atoms with Crippen LogP contribution in [0.4, 0.5) is 0 Å². The van der Waals surface area contributed by atoms with Crippen LogP contribution in [0.2, 0.25) is 0 Å². The van der Waals surface area contributed by atoms with Gasteiger partial charge in [-0.1, -0.05) is 32.6 Å². The minimum Gasteiger partial charge on any atom is -0.363 e. The van der Waals surface area contributed by atoms with Crippen LogP contribution in [0.15, 0.2) is 0 Å². The van der Waals surface area contributed by atoms with Gasteiger partial charge in [-0.25, -0.2) is 0 Å². The Balaban J connectivity index is 1.86. The Labute approximate surface area is 220 Å². The SMILES string of the molecule is C#CCCCCCCCCNC(=S)NC12CNCCNCC(C)(CNCCNC1)CNCCNC2. The molecule has 0 aromatic rings. The lowest BCUT2D eigenvalue weighted by molar-refractivity contribution is 0.260. The zero-order valence-corrected chi connectivity index (χ0v) is 22.9. The number of unbranched alkanes of at least 4 members (excludes halogenated alkanes) is 6. The Morgan fingerprint density at radius 1 is 0.714 bits per heavy atom. The van der Waals surface area contributed by atoms with E-state index in [-0.39, 0.29) is 11.0 Å². The zero-order valence-electron chi connectivity index (χ0n) is 22.1. The first-order chi connectivity index (χ1) is 17.1. The maximum Gasteiger partial charge on any atom is 0.166 e. The molecule has 0 aliphatic carbocycles. The van der Waals surface area contributed by atoms with Crippen LogP contribution >= 0.6 is 12.2 Å². The minimum atomic E-state index is -0.205. The van der Waals surface area contributed by atoms with Crippen molar-refractivity contribution in [3.05, 3.63) is 0 Å². The molecule has 3 aliphatic rings. The lowest BCUT2D eigenvalue weighted by Gasteiger charge is -2.38. The van der Waals surface area contributed by atoms with Crippen LogP contribution in [-0.2, 0) is 0 Å². The summed E-state index contributed by atoms with van der Waals surface area (Å²) in [6, 6.07) is 0. The molecule has 3 aliphatic heterocycles. The molecule has 0 amide bonds. The maximum atomic E-state index is 5.74. The first kappa shape index (κ1) is 30.2.